The Bertz CT molecular complexity index is 988. The lowest BCUT2D eigenvalue weighted by atomic mass is 10.1. The Balaban J connectivity index is 1.49. The molecule has 0 bridgehead atoms. The summed E-state index contributed by atoms with van der Waals surface area (Å²) in [7, 11) is 0. The minimum Gasteiger partial charge on any atom is -0.478 e. The van der Waals surface area contributed by atoms with Gasteiger partial charge in [-0.05, 0) is 25.0 Å². The number of rotatable bonds is 5. The molecular formula is C19H18FN5O2S. The fourth-order valence-corrected chi connectivity index (χ4v) is 3.86. The van der Waals surface area contributed by atoms with E-state index in [2.05, 4.69) is 25.2 Å². The molecule has 0 aliphatic carbocycles. The second-order valence-electron chi connectivity index (χ2n) is 6.48. The summed E-state index contributed by atoms with van der Waals surface area (Å²) >= 11 is 1.38. The second kappa shape index (κ2) is 7.89. The van der Waals surface area contributed by atoms with Crippen LogP contribution in [0.2, 0.25) is 0 Å². The van der Waals surface area contributed by atoms with Gasteiger partial charge in [0, 0.05) is 55.2 Å². The molecule has 1 aliphatic rings. The number of anilines is 3. The van der Waals surface area contributed by atoms with E-state index in [9.17, 15) is 9.18 Å². The minimum atomic E-state index is -1.02. The Morgan fingerprint density at radius 2 is 2.04 bits per heavy atom. The van der Waals surface area contributed by atoms with Gasteiger partial charge < -0.3 is 15.3 Å². The third-order valence-corrected chi connectivity index (χ3v) is 5.51. The molecule has 1 aliphatic heterocycles. The van der Waals surface area contributed by atoms with Crippen LogP contribution >= 0.6 is 11.3 Å². The van der Waals surface area contributed by atoms with E-state index in [0.717, 1.165) is 10.6 Å². The van der Waals surface area contributed by atoms with Crippen LogP contribution in [0.1, 0.15) is 23.2 Å². The quantitative estimate of drug-likeness (QED) is 0.670. The van der Waals surface area contributed by atoms with Gasteiger partial charge in [0.15, 0.2) is 5.13 Å². The zero-order valence-electron chi connectivity index (χ0n) is 14.9. The molecule has 0 unspecified atom stereocenters. The summed E-state index contributed by atoms with van der Waals surface area (Å²) in [6, 6.07) is 5.41. The maximum Gasteiger partial charge on any atom is 0.337 e. The number of thiazole rings is 1. The van der Waals surface area contributed by atoms with Gasteiger partial charge in [0.2, 0.25) is 0 Å². The van der Waals surface area contributed by atoms with E-state index in [-0.39, 0.29) is 5.56 Å². The molecule has 0 spiro atoms. The lowest BCUT2D eigenvalue weighted by Crippen LogP contribution is -2.34. The molecule has 3 aromatic heterocycles. The zero-order valence-corrected chi connectivity index (χ0v) is 15.7. The van der Waals surface area contributed by atoms with E-state index in [0.29, 0.717) is 42.4 Å². The average Bonchev–Trinajstić information content (AvgIpc) is 3.17. The van der Waals surface area contributed by atoms with Crippen molar-refractivity contribution in [3.8, 4) is 10.4 Å². The molecule has 1 fully saturated rings. The average molecular weight is 399 g/mol. The summed E-state index contributed by atoms with van der Waals surface area (Å²) in [5, 5.41) is 12.9. The topological polar surface area (TPSA) is 91.2 Å². The van der Waals surface area contributed by atoms with Crippen LogP contribution in [0.4, 0.5) is 21.0 Å². The lowest BCUT2D eigenvalue weighted by molar-refractivity contribution is 0.0696. The highest BCUT2D eigenvalue weighted by atomic mass is 32.1. The zero-order chi connectivity index (χ0) is 19.5. The first-order chi connectivity index (χ1) is 13.6. The number of pyridine rings is 2. The predicted molar refractivity (Wildman–Crippen MR) is 106 cm³/mol. The number of aromatic nitrogens is 3. The van der Waals surface area contributed by atoms with Crippen LogP contribution in [0.3, 0.4) is 0 Å². The van der Waals surface area contributed by atoms with Gasteiger partial charge in [0.25, 0.3) is 0 Å². The van der Waals surface area contributed by atoms with E-state index in [4.69, 9.17) is 5.11 Å². The maximum absolute atomic E-state index is 13.4. The molecule has 0 saturated carbocycles. The van der Waals surface area contributed by atoms with Crippen LogP contribution in [-0.4, -0.2) is 45.3 Å². The van der Waals surface area contributed by atoms with E-state index < -0.39 is 12.1 Å². The van der Waals surface area contributed by atoms with Gasteiger partial charge in [0.05, 0.1) is 10.4 Å². The van der Waals surface area contributed by atoms with Crippen molar-refractivity contribution < 1.29 is 14.3 Å². The van der Waals surface area contributed by atoms with E-state index in [1.54, 1.807) is 24.7 Å². The molecule has 7 nitrogen and oxygen atoms in total. The number of piperidine rings is 1. The fraction of sp³-hybridized carbons (Fsp3) is 0.263. The number of halogens is 1. The fourth-order valence-electron chi connectivity index (χ4n) is 3.06. The van der Waals surface area contributed by atoms with Gasteiger partial charge in [-0.15, -0.1) is 0 Å². The van der Waals surface area contributed by atoms with Crippen LogP contribution < -0.4 is 10.2 Å². The van der Waals surface area contributed by atoms with Crippen molar-refractivity contribution in [1.29, 1.82) is 0 Å². The summed E-state index contributed by atoms with van der Waals surface area (Å²) < 4.78 is 13.4. The summed E-state index contributed by atoms with van der Waals surface area (Å²) in [6.45, 7) is 1.39. The summed E-state index contributed by atoms with van der Waals surface area (Å²) in [6.07, 6.45) is 6.69. The highest BCUT2D eigenvalue weighted by Crippen LogP contribution is 2.31. The number of alkyl halides is 1. The van der Waals surface area contributed by atoms with Crippen molar-refractivity contribution in [2.45, 2.75) is 19.0 Å². The smallest absolute Gasteiger partial charge is 0.337 e. The highest BCUT2D eigenvalue weighted by Gasteiger charge is 2.19. The number of carbonyl (C=O) groups is 1. The normalized spacial score (nSPS) is 14.8. The van der Waals surface area contributed by atoms with Crippen LogP contribution in [0.15, 0.2) is 43.0 Å². The molecule has 0 amide bonds. The van der Waals surface area contributed by atoms with E-state index in [1.807, 2.05) is 12.1 Å². The molecule has 4 heterocycles. The molecule has 28 heavy (non-hydrogen) atoms. The summed E-state index contributed by atoms with van der Waals surface area (Å²) in [4.78, 5) is 26.7. The second-order valence-corrected chi connectivity index (χ2v) is 7.51. The molecule has 3 aromatic rings. The predicted octanol–water partition coefficient (Wildman–Crippen LogP) is 3.98. The molecule has 0 atom stereocenters. The molecule has 0 radical (unpaired) electrons. The molecule has 9 heteroatoms. The molecule has 4 rings (SSSR count). The number of carboxylic acids is 1. The molecule has 144 valence electrons. The van der Waals surface area contributed by atoms with Gasteiger partial charge in [-0.25, -0.2) is 19.2 Å². The summed E-state index contributed by atoms with van der Waals surface area (Å²) in [5.74, 6) is -0.367. The van der Waals surface area contributed by atoms with Gasteiger partial charge in [-0.1, -0.05) is 11.3 Å². The highest BCUT2D eigenvalue weighted by molar-refractivity contribution is 7.18. The van der Waals surface area contributed by atoms with Crippen LogP contribution in [0, 0.1) is 0 Å². The van der Waals surface area contributed by atoms with Gasteiger partial charge in [-0.3, -0.25) is 4.98 Å². The lowest BCUT2D eigenvalue weighted by Gasteiger charge is -2.30. The SMILES string of the molecule is O=C(O)c1cncc(-c2cnc(Nc3cc(N4CCC(F)CC4)ccn3)s2)c1. The van der Waals surface area contributed by atoms with Crippen LogP contribution in [-0.2, 0) is 0 Å². The van der Waals surface area contributed by atoms with Crippen LogP contribution in [0.25, 0.3) is 10.4 Å². The standard InChI is InChI=1S/C19H18FN5O2S/c20-14-2-5-25(6-3-14)15-1-4-22-17(8-15)24-19-23-11-16(28-19)12-7-13(18(26)27)10-21-9-12/h1,4,7-11,14H,2-3,5-6H2,(H,26,27)(H,22,23,24). The monoisotopic (exact) mass is 399 g/mol. The van der Waals surface area contributed by atoms with Crippen molar-refractivity contribution in [2.24, 2.45) is 0 Å². The number of nitrogens with one attached hydrogen (secondary N) is 1. The Kier molecular flexibility index (Phi) is 5.16. The largest absolute Gasteiger partial charge is 0.478 e. The number of aromatic carboxylic acids is 1. The first-order valence-corrected chi connectivity index (χ1v) is 9.67. The summed E-state index contributed by atoms with van der Waals surface area (Å²) in [5.41, 5.74) is 1.83. The number of carboxylic acid groups (broad SMARTS) is 1. The Labute approximate surface area is 164 Å². The molecule has 0 aromatic carbocycles. The number of hydrogen-bond acceptors (Lipinski definition) is 7. The van der Waals surface area contributed by atoms with Crippen LogP contribution in [0.5, 0.6) is 0 Å². The molecule has 2 N–H and O–H groups in total. The van der Waals surface area contributed by atoms with Crippen molar-refractivity contribution in [3.63, 3.8) is 0 Å². The Morgan fingerprint density at radius 1 is 1.21 bits per heavy atom. The van der Waals surface area contributed by atoms with E-state index >= 15 is 0 Å². The van der Waals surface area contributed by atoms with Crippen molar-refractivity contribution in [3.05, 3.63) is 48.5 Å². The maximum atomic E-state index is 13.4. The third kappa shape index (κ3) is 4.09. The first kappa shape index (κ1) is 18.3. The number of nitrogens with zero attached hydrogens (tertiary/aromatic N) is 4. The van der Waals surface area contributed by atoms with Gasteiger partial charge in [-0.2, -0.15) is 0 Å². The van der Waals surface area contributed by atoms with Gasteiger partial charge >= 0.3 is 5.97 Å². The van der Waals surface area contributed by atoms with E-state index in [1.165, 1.54) is 17.5 Å². The molecule has 1 saturated heterocycles. The number of hydrogen-bond donors (Lipinski definition) is 2. The van der Waals surface area contributed by atoms with Gasteiger partial charge in [0.1, 0.15) is 12.0 Å². The van der Waals surface area contributed by atoms with Crippen molar-refractivity contribution in [1.82, 2.24) is 15.0 Å². The van der Waals surface area contributed by atoms with Crippen molar-refractivity contribution in [2.75, 3.05) is 23.3 Å². The minimum absolute atomic E-state index is 0.131. The first-order valence-electron chi connectivity index (χ1n) is 8.85. The molecular weight excluding hydrogens is 381 g/mol. The van der Waals surface area contributed by atoms with Crippen molar-refractivity contribution >= 4 is 33.9 Å². The Morgan fingerprint density at radius 3 is 2.82 bits per heavy atom. The Hall–Kier alpha value is -3.07. The third-order valence-electron chi connectivity index (χ3n) is 4.54.